The predicted octanol–water partition coefficient (Wildman–Crippen LogP) is 3.82. The summed E-state index contributed by atoms with van der Waals surface area (Å²) in [4.78, 5) is 4.59. The average molecular weight is 254 g/mol. The molecule has 2 heteroatoms. The molecule has 0 spiro atoms. The van der Waals surface area contributed by atoms with Gasteiger partial charge in [0.1, 0.15) is 0 Å². The van der Waals surface area contributed by atoms with Crippen LogP contribution in [0, 0.1) is 12.8 Å². The molecule has 1 saturated carbocycles. The minimum absolute atomic E-state index is 0.611. The Bertz CT molecular complexity index is 572. The maximum atomic E-state index is 4.59. The molecule has 0 amide bonds. The third kappa shape index (κ3) is 3.13. The van der Waals surface area contributed by atoms with Gasteiger partial charge in [0, 0.05) is 23.7 Å². The van der Waals surface area contributed by atoms with Crippen LogP contribution in [-0.2, 0) is 6.54 Å². The van der Waals surface area contributed by atoms with Crippen LogP contribution in [0.3, 0.4) is 0 Å². The van der Waals surface area contributed by atoms with E-state index < -0.39 is 0 Å². The maximum Gasteiger partial charge on any atom is 0.0708 e. The summed E-state index contributed by atoms with van der Waals surface area (Å²) in [7, 11) is 0. The molecule has 1 N–H and O–H groups in total. The SMILES string of the molecule is Cc1cc(CNC(C)CC2CC2)c2ccccc2n1. The van der Waals surface area contributed by atoms with E-state index in [1.165, 1.54) is 30.2 Å². The average Bonchev–Trinajstić information content (AvgIpc) is 3.19. The molecule has 1 fully saturated rings. The van der Waals surface area contributed by atoms with Crippen molar-refractivity contribution in [2.75, 3.05) is 0 Å². The molecule has 2 nitrogen and oxygen atoms in total. The molecule has 0 bridgehead atoms. The number of nitrogens with zero attached hydrogens (tertiary/aromatic N) is 1. The summed E-state index contributed by atoms with van der Waals surface area (Å²) in [5.74, 6) is 0.985. The Morgan fingerprint density at radius 2 is 2.11 bits per heavy atom. The van der Waals surface area contributed by atoms with E-state index in [0.29, 0.717) is 6.04 Å². The Morgan fingerprint density at radius 1 is 1.32 bits per heavy atom. The number of rotatable bonds is 5. The Labute approximate surface area is 115 Å². The van der Waals surface area contributed by atoms with E-state index in [1.54, 1.807) is 0 Å². The second-order valence-electron chi connectivity index (χ2n) is 5.90. The van der Waals surface area contributed by atoms with Crippen molar-refractivity contribution in [3.05, 3.63) is 41.6 Å². The molecule has 3 rings (SSSR count). The van der Waals surface area contributed by atoms with Crippen molar-refractivity contribution in [3.63, 3.8) is 0 Å². The molecular formula is C17H22N2. The van der Waals surface area contributed by atoms with Crippen LogP contribution in [0.4, 0.5) is 0 Å². The molecule has 1 unspecified atom stereocenters. The quantitative estimate of drug-likeness (QED) is 0.877. The van der Waals surface area contributed by atoms with Crippen molar-refractivity contribution >= 4 is 10.9 Å². The van der Waals surface area contributed by atoms with Crippen molar-refractivity contribution in [3.8, 4) is 0 Å². The van der Waals surface area contributed by atoms with Gasteiger partial charge in [-0.15, -0.1) is 0 Å². The number of nitrogens with one attached hydrogen (secondary N) is 1. The zero-order chi connectivity index (χ0) is 13.2. The van der Waals surface area contributed by atoms with Crippen LogP contribution in [0.15, 0.2) is 30.3 Å². The minimum Gasteiger partial charge on any atom is -0.310 e. The van der Waals surface area contributed by atoms with E-state index in [9.17, 15) is 0 Å². The fourth-order valence-electron chi connectivity index (χ4n) is 2.76. The van der Waals surface area contributed by atoms with E-state index in [1.807, 2.05) is 0 Å². The van der Waals surface area contributed by atoms with E-state index >= 15 is 0 Å². The summed E-state index contributed by atoms with van der Waals surface area (Å²) in [5, 5.41) is 4.94. The summed E-state index contributed by atoms with van der Waals surface area (Å²) in [6.45, 7) is 5.32. The standard InChI is InChI=1S/C17H22N2/c1-12(9-14-7-8-14)18-11-15-10-13(2)19-17-6-4-3-5-16(15)17/h3-6,10,12,14,18H,7-9,11H2,1-2H3. The molecule has 2 aromatic rings. The highest BCUT2D eigenvalue weighted by molar-refractivity contribution is 5.82. The fourth-order valence-corrected chi connectivity index (χ4v) is 2.76. The van der Waals surface area contributed by atoms with Gasteiger partial charge in [0.05, 0.1) is 5.52 Å². The first-order chi connectivity index (χ1) is 9.22. The van der Waals surface area contributed by atoms with Crippen LogP contribution in [0.25, 0.3) is 10.9 Å². The highest BCUT2D eigenvalue weighted by atomic mass is 14.9. The lowest BCUT2D eigenvalue weighted by Crippen LogP contribution is -2.26. The van der Waals surface area contributed by atoms with Gasteiger partial charge < -0.3 is 5.32 Å². The van der Waals surface area contributed by atoms with Crippen LogP contribution < -0.4 is 5.32 Å². The molecular weight excluding hydrogens is 232 g/mol. The first kappa shape index (κ1) is 12.6. The van der Waals surface area contributed by atoms with Gasteiger partial charge >= 0.3 is 0 Å². The number of aryl methyl sites for hydroxylation is 1. The maximum absolute atomic E-state index is 4.59. The minimum atomic E-state index is 0.611. The highest BCUT2D eigenvalue weighted by Gasteiger charge is 2.23. The monoisotopic (exact) mass is 254 g/mol. The Kier molecular flexibility index (Phi) is 3.52. The van der Waals surface area contributed by atoms with Gasteiger partial charge in [0.2, 0.25) is 0 Å². The lowest BCUT2D eigenvalue weighted by Gasteiger charge is -2.15. The van der Waals surface area contributed by atoms with E-state index in [-0.39, 0.29) is 0 Å². The number of fused-ring (bicyclic) bond motifs is 1. The lowest BCUT2D eigenvalue weighted by atomic mass is 10.1. The topological polar surface area (TPSA) is 24.9 Å². The molecule has 1 aromatic carbocycles. The van der Waals surface area contributed by atoms with Gasteiger partial charge in [-0.1, -0.05) is 31.0 Å². The normalized spacial score (nSPS) is 16.7. The molecule has 1 aliphatic rings. The number of para-hydroxylation sites is 1. The molecule has 1 atom stereocenters. The summed E-state index contributed by atoms with van der Waals surface area (Å²) < 4.78 is 0. The number of benzene rings is 1. The van der Waals surface area contributed by atoms with Gasteiger partial charge in [0.25, 0.3) is 0 Å². The van der Waals surface area contributed by atoms with E-state index in [0.717, 1.165) is 23.7 Å². The summed E-state index contributed by atoms with van der Waals surface area (Å²) >= 11 is 0. The van der Waals surface area contributed by atoms with Gasteiger partial charge in [-0.2, -0.15) is 0 Å². The molecule has 0 radical (unpaired) electrons. The molecule has 19 heavy (non-hydrogen) atoms. The zero-order valence-corrected chi connectivity index (χ0v) is 11.8. The Hall–Kier alpha value is -1.41. The first-order valence-corrected chi connectivity index (χ1v) is 7.31. The molecule has 1 heterocycles. The van der Waals surface area contributed by atoms with Crippen molar-refractivity contribution < 1.29 is 0 Å². The van der Waals surface area contributed by atoms with Gasteiger partial charge in [-0.05, 0) is 43.9 Å². The molecule has 1 aliphatic carbocycles. The summed E-state index contributed by atoms with van der Waals surface area (Å²) in [6, 6.07) is 11.2. The molecule has 100 valence electrons. The number of aromatic nitrogens is 1. The van der Waals surface area contributed by atoms with Gasteiger partial charge in [0.15, 0.2) is 0 Å². The molecule has 0 aliphatic heterocycles. The van der Waals surface area contributed by atoms with Gasteiger partial charge in [-0.3, -0.25) is 4.98 Å². The second kappa shape index (κ2) is 5.30. The van der Waals surface area contributed by atoms with Crippen molar-refractivity contribution in [1.82, 2.24) is 10.3 Å². The first-order valence-electron chi connectivity index (χ1n) is 7.31. The van der Waals surface area contributed by atoms with Crippen LogP contribution in [-0.4, -0.2) is 11.0 Å². The van der Waals surface area contributed by atoms with Gasteiger partial charge in [-0.25, -0.2) is 0 Å². The smallest absolute Gasteiger partial charge is 0.0708 e. The molecule has 0 saturated heterocycles. The van der Waals surface area contributed by atoms with Crippen LogP contribution in [0.5, 0.6) is 0 Å². The number of hydrogen-bond donors (Lipinski definition) is 1. The van der Waals surface area contributed by atoms with Crippen molar-refractivity contribution in [1.29, 1.82) is 0 Å². The lowest BCUT2D eigenvalue weighted by molar-refractivity contribution is 0.488. The van der Waals surface area contributed by atoms with E-state index in [4.69, 9.17) is 0 Å². The predicted molar refractivity (Wildman–Crippen MR) is 80.1 cm³/mol. The zero-order valence-electron chi connectivity index (χ0n) is 11.8. The number of hydrogen-bond acceptors (Lipinski definition) is 2. The Morgan fingerprint density at radius 3 is 2.89 bits per heavy atom. The highest BCUT2D eigenvalue weighted by Crippen LogP contribution is 2.33. The summed E-state index contributed by atoms with van der Waals surface area (Å²) in [5.41, 5.74) is 3.57. The fraction of sp³-hybridized carbons (Fsp3) is 0.471. The van der Waals surface area contributed by atoms with E-state index in [2.05, 4.69) is 54.5 Å². The van der Waals surface area contributed by atoms with Crippen molar-refractivity contribution in [2.24, 2.45) is 5.92 Å². The van der Waals surface area contributed by atoms with Crippen LogP contribution in [0.1, 0.15) is 37.4 Å². The summed E-state index contributed by atoms with van der Waals surface area (Å²) in [6.07, 6.45) is 4.19. The third-order valence-electron chi connectivity index (χ3n) is 3.95. The third-order valence-corrected chi connectivity index (χ3v) is 3.95. The number of pyridine rings is 1. The second-order valence-corrected chi connectivity index (χ2v) is 5.90. The van der Waals surface area contributed by atoms with Crippen LogP contribution in [0.2, 0.25) is 0 Å². The Balaban J connectivity index is 1.75. The van der Waals surface area contributed by atoms with Crippen LogP contribution >= 0.6 is 0 Å². The van der Waals surface area contributed by atoms with Crippen molar-refractivity contribution in [2.45, 2.75) is 45.7 Å². The molecule has 1 aromatic heterocycles. The largest absolute Gasteiger partial charge is 0.310 e.